The van der Waals surface area contributed by atoms with E-state index in [1.165, 1.54) is 0 Å². The second-order valence-corrected chi connectivity index (χ2v) is 5.27. The van der Waals surface area contributed by atoms with Gasteiger partial charge in [-0.25, -0.2) is 0 Å². The molecule has 0 fully saturated rings. The van der Waals surface area contributed by atoms with E-state index in [-0.39, 0.29) is 18.5 Å². The van der Waals surface area contributed by atoms with Gasteiger partial charge in [-0.1, -0.05) is 0 Å². The minimum atomic E-state index is -4.13. The fourth-order valence-electron chi connectivity index (χ4n) is 1.81. The molecule has 0 spiro atoms. The van der Waals surface area contributed by atoms with Crippen molar-refractivity contribution in [2.75, 3.05) is 7.05 Å². The molecule has 1 atom stereocenters. The van der Waals surface area contributed by atoms with Gasteiger partial charge in [-0.15, -0.1) is 0 Å². The zero-order valence-electron chi connectivity index (χ0n) is 10.6. The van der Waals surface area contributed by atoms with Crippen molar-refractivity contribution in [1.29, 1.82) is 0 Å². The third kappa shape index (κ3) is 3.98. The first-order valence-electron chi connectivity index (χ1n) is 5.73. The van der Waals surface area contributed by atoms with Crippen molar-refractivity contribution < 1.29 is 13.2 Å². The van der Waals surface area contributed by atoms with Crippen LogP contribution in [0.1, 0.15) is 44.5 Å². The number of aromatic nitrogens is 2. The smallest absolute Gasteiger partial charge is 0.312 e. The second kappa shape index (κ2) is 6.06. The molecule has 1 N–H and O–H groups in total. The fourth-order valence-corrected chi connectivity index (χ4v) is 2.36. The maximum Gasteiger partial charge on any atom is 0.389 e. The summed E-state index contributed by atoms with van der Waals surface area (Å²) in [6, 6.07) is -0.265. The number of hydrogen-bond acceptors (Lipinski definition) is 2. The lowest BCUT2D eigenvalue weighted by Gasteiger charge is -2.21. The lowest BCUT2D eigenvalue weighted by Crippen LogP contribution is -2.23. The molecular formula is C11H17BrF3N3. The lowest BCUT2D eigenvalue weighted by molar-refractivity contribution is -0.136. The van der Waals surface area contributed by atoms with Gasteiger partial charge in [-0.05, 0) is 43.2 Å². The summed E-state index contributed by atoms with van der Waals surface area (Å²) in [5.74, 6) is 0. The third-order valence-electron chi connectivity index (χ3n) is 2.67. The summed E-state index contributed by atoms with van der Waals surface area (Å²) in [4.78, 5) is 0. The number of rotatable bonds is 5. The largest absolute Gasteiger partial charge is 0.389 e. The number of alkyl halides is 3. The molecule has 0 radical (unpaired) electrons. The molecule has 0 saturated carbocycles. The monoisotopic (exact) mass is 327 g/mol. The maximum absolute atomic E-state index is 12.3. The summed E-state index contributed by atoms with van der Waals surface area (Å²) in [6.45, 7) is 3.89. The second-order valence-electron chi connectivity index (χ2n) is 4.41. The first kappa shape index (κ1) is 15.5. The Morgan fingerprint density at radius 3 is 2.50 bits per heavy atom. The zero-order chi connectivity index (χ0) is 13.9. The van der Waals surface area contributed by atoms with E-state index in [1.807, 2.05) is 13.8 Å². The minimum Gasteiger partial charge on any atom is -0.312 e. The van der Waals surface area contributed by atoms with Crippen LogP contribution in [0.25, 0.3) is 0 Å². The van der Waals surface area contributed by atoms with Gasteiger partial charge in [0.05, 0.1) is 22.4 Å². The first-order valence-corrected chi connectivity index (χ1v) is 6.52. The van der Waals surface area contributed by atoms with Crippen molar-refractivity contribution in [2.24, 2.45) is 0 Å². The van der Waals surface area contributed by atoms with Crippen LogP contribution in [0.3, 0.4) is 0 Å². The molecule has 0 bridgehead atoms. The van der Waals surface area contributed by atoms with Gasteiger partial charge in [0.2, 0.25) is 0 Å². The molecule has 1 unspecified atom stereocenters. The van der Waals surface area contributed by atoms with Crippen LogP contribution in [0, 0.1) is 0 Å². The van der Waals surface area contributed by atoms with E-state index in [0.717, 1.165) is 10.2 Å². The molecule has 0 aliphatic carbocycles. The molecular weight excluding hydrogens is 311 g/mol. The van der Waals surface area contributed by atoms with Gasteiger partial charge in [-0.3, -0.25) is 4.68 Å². The normalized spacial score (nSPS) is 14.2. The third-order valence-corrected chi connectivity index (χ3v) is 3.28. The van der Waals surface area contributed by atoms with Crippen LogP contribution < -0.4 is 5.32 Å². The number of nitrogens with one attached hydrogen (secondary N) is 1. The highest BCUT2D eigenvalue weighted by molar-refractivity contribution is 9.10. The highest BCUT2D eigenvalue weighted by Gasteiger charge is 2.30. The number of hydrogen-bond donors (Lipinski definition) is 1. The standard InChI is InChI=1S/C11H17BrF3N3/c1-7(2)18-10(8(12)6-17-18)9(16-3)4-5-11(13,14)15/h6-7,9,16H,4-5H2,1-3H3. The summed E-state index contributed by atoms with van der Waals surface area (Å²) in [6.07, 6.45) is -3.33. The van der Waals surface area contributed by atoms with Gasteiger partial charge in [0.15, 0.2) is 0 Å². The van der Waals surface area contributed by atoms with Gasteiger partial charge in [0, 0.05) is 12.5 Å². The van der Waals surface area contributed by atoms with Gasteiger partial charge in [-0.2, -0.15) is 18.3 Å². The van der Waals surface area contributed by atoms with Crippen LogP contribution >= 0.6 is 15.9 Å². The van der Waals surface area contributed by atoms with Crippen molar-refractivity contribution in [3.05, 3.63) is 16.4 Å². The van der Waals surface area contributed by atoms with Crippen molar-refractivity contribution in [1.82, 2.24) is 15.1 Å². The molecule has 1 aromatic heterocycles. The van der Waals surface area contributed by atoms with E-state index in [4.69, 9.17) is 0 Å². The fraction of sp³-hybridized carbons (Fsp3) is 0.727. The Hall–Kier alpha value is -0.560. The predicted octanol–water partition coefficient (Wildman–Crippen LogP) is 3.83. The van der Waals surface area contributed by atoms with Crippen LogP contribution in [0.5, 0.6) is 0 Å². The van der Waals surface area contributed by atoms with Crippen LogP contribution in [0.4, 0.5) is 13.2 Å². The van der Waals surface area contributed by atoms with Gasteiger partial charge < -0.3 is 5.32 Å². The summed E-state index contributed by atoms with van der Waals surface area (Å²) in [5.41, 5.74) is 0.761. The Labute approximate surface area is 113 Å². The molecule has 1 aromatic rings. The molecule has 3 nitrogen and oxygen atoms in total. The number of nitrogens with zero attached hydrogens (tertiary/aromatic N) is 2. The first-order chi connectivity index (χ1) is 8.26. The summed E-state index contributed by atoms with van der Waals surface area (Å²) >= 11 is 3.34. The van der Waals surface area contributed by atoms with Gasteiger partial charge in [0.1, 0.15) is 0 Å². The highest BCUT2D eigenvalue weighted by atomic mass is 79.9. The zero-order valence-corrected chi connectivity index (χ0v) is 12.1. The van der Waals surface area contributed by atoms with E-state index in [2.05, 4.69) is 26.3 Å². The highest BCUT2D eigenvalue weighted by Crippen LogP contribution is 2.32. The molecule has 0 saturated heterocycles. The quantitative estimate of drug-likeness (QED) is 0.890. The predicted molar refractivity (Wildman–Crippen MR) is 67.4 cm³/mol. The van der Waals surface area contributed by atoms with Crippen molar-refractivity contribution >= 4 is 15.9 Å². The molecule has 0 amide bonds. The molecule has 7 heteroatoms. The van der Waals surface area contributed by atoms with Gasteiger partial charge >= 0.3 is 6.18 Å². The van der Waals surface area contributed by atoms with E-state index in [0.29, 0.717) is 0 Å². The molecule has 0 aromatic carbocycles. The van der Waals surface area contributed by atoms with Crippen LogP contribution in [0.2, 0.25) is 0 Å². The molecule has 0 aliphatic heterocycles. The Bertz CT molecular complexity index is 387. The van der Waals surface area contributed by atoms with Crippen LogP contribution in [-0.4, -0.2) is 23.0 Å². The minimum absolute atomic E-state index is 0.00296. The topological polar surface area (TPSA) is 29.9 Å². The molecule has 1 rings (SSSR count). The maximum atomic E-state index is 12.3. The van der Waals surface area contributed by atoms with E-state index >= 15 is 0 Å². The Morgan fingerprint density at radius 1 is 1.44 bits per heavy atom. The average Bonchev–Trinajstić information content (AvgIpc) is 2.60. The Morgan fingerprint density at radius 2 is 2.06 bits per heavy atom. The van der Waals surface area contributed by atoms with Gasteiger partial charge in [0.25, 0.3) is 0 Å². The van der Waals surface area contributed by atoms with E-state index in [1.54, 1.807) is 17.9 Å². The summed E-state index contributed by atoms with van der Waals surface area (Å²) in [7, 11) is 1.66. The summed E-state index contributed by atoms with van der Waals surface area (Å²) < 4.78 is 39.3. The SMILES string of the molecule is CNC(CCC(F)(F)F)c1c(Br)cnn1C(C)C. The van der Waals surface area contributed by atoms with E-state index in [9.17, 15) is 13.2 Å². The summed E-state index contributed by atoms with van der Waals surface area (Å²) in [5, 5.41) is 7.10. The van der Waals surface area contributed by atoms with E-state index < -0.39 is 12.6 Å². The Kier molecular flexibility index (Phi) is 5.21. The Balaban J connectivity index is 2.91. The molecule has 104 valence electrons. The van der Waals surface area contributed by atoms with Crippen LogP contribution in [-0.2, 0) is 0 Å². The average molecular weight is 328 g/mol. The van der Waals surface area contributed by atoms with Crippen molar-refractivity contribution in [2.45, 2.75) is 44.9 Å². The number of halogens is 4. The van der Waals surface area contributed by atoms with Crippen molar-refractivity contribution in [3.63, 3.8) is 0 Å². The molecule has 1 heterocycles. The molecule has 18 heavy (non-hydrogen) atoms. The van der Waals surface area contributed by atoms with Crippen molar-refractivity contribution in [3.8, 4) is 0 Å². The lowest BCUT2D eigenvalue weighted by atomic mass is 10.1. The molecule has 0 aliphatic rings. The van der Waals surface area contributed by atoms with Crippen LogP contribution in [0.15, 0.2) is 10.7 Å².